The Labute approximate surface area is 116 Å². The van der Waals surface area contributed by atoms with Crippen LogP contribution in [0.5, 0.6) is 0 Å². The highest BCUT2D eigenvalue weighted by Crippen LogP contribution is 2.18. The van der Waals surface area contributed by atoms with Crippen molar-refractivity contribution in [3.8, 4) is 0 Å². The Morgan fingerprint density at radius 1 is 1.15 bits per heavy atom. The fraction of sp³-hybridized carbons (Fsp3) is 0.133. The van der Waals surface area contributed by atoms with Gasteiger partial charge in [0.25, 0.3) is 5.91 Å². The molecule has 0 saturated carbocycles. The van der Waals surface area contributed by atoms with E-state index in [1.54, 1.807) is 12.3 Å². The van der Waals surface area contributed by atoms with E-state index in [0.29, 0.717) is 11.5 Å². The lowest BCUT2D eigenvalue weighted by molar-refractivity contribution is 0.102. The number of anilines is 1. The van der Waals surface area contributed by atoms with Crippen molar-refractivity contribution in [3.63, 3.8) is 0 Å². The summed E-state index contributed by atoms with van der Waals surface area (Å²) in [5, 5.41) is 3.75. The van der Waals surface area contributed by atoms with Crippen LogP contribution in [0.25, 0.3) is 10.9 Å². The third-order valence-corrected chi connectivity index (χ3v) is 3.01. The van der Waals surface area contributed by atoms with Crippen molar-refractivity contribution in [3.05, 3.63) is 53.6 Å². The van der Waals surface area contributed by atoms with Crippen LogP contribution in [-0.2, 0) is 0 Å². The first-order valence-electron chi connectivity index (χ1n) is 6.33. The number of aryl methyl sites for hydroxylation is 2. The van der Waals surface area contributed by atoms with Gasteiger partial charge in [0.05, 0.1) is 5.52 Å². The molecule has 0 fully saturated rings. The van der Waals surface area contributed by atoms with Crippen LogP contribution < -0.4 is 5.32 Å². The van der Waals surface area contributed by atoms with Crippen LogP contribution in [0.4, 0.5) is 5.82 Å². The molecule has 3 aromatic rings. The van der Waals surface area contributed by atoms with Crippen LogP contribution in [0.2, 0.25) is 0 Å². The number of aromatic nitrogens is 3. The zero-order chi connectivity index (χ0) is 14.1. The van der Waals surface area contributed by atoms with E-state index in [1.807, 2.05) is 38.1 Å². The molecule has 3 aromatic heterocycles. The summed E-state index contributed by atoms with van der Waals surface area (Å²) < 4.78 is 0. The Hall–Kier alpha value is -2.69. The zero-order valence-corrected chi connectivity index (χ0v) is 11.3. The highest BCUT2D eigenvalue weighted by molar-refractivity contribution is 6.10. The molecule has 0 aromatic carbocycles. The molecule has 0 atom stereocenters. The minimum absolute atomic E-state index is 0.265. The summed E-state index contributed by atoms with van der Waals surface area (Å²) in [5.74, 6) is 0.261. The minimum Gasteiger partial charge on any atom is -0.359 e. The van der Waals surface area contributed by atoms with Crippen LogP contribution >= 0.6 is 0 Å². The average Bonchev–Trinajstić information content (AvgIpc) is 2.85. The van der Waals surface area contributed by atoms with Gasteiger partial charge in [0.2, 0.25) is 0 Å². The molecule has 100 valence electrons. The molecule has 5 heteroatoms. The van der Waals surface area contributed by atoms with Gasteiger partial charge in [0.1, 0.15) is 5.82 Å². The van der Waals surface area contributed by atoms with Crippen LogP contribution in [0.1, 0.15) is 21.9 Å². The van der Waals surface area contributed by atoms with Crippen molar-refractivity contribution in [1.82, 2.24) is 15.0 Å². The molecule has 0 radical (unpaired) electrons. The summed E-state index contributed by atoms with van der Waals surface area (Å²) in [7, 11) is 0. The highest BCUT2D eigenvalue weighted by atomic mass is 16.1. The van der Waals surface area contributed by atoms with Gasteiger partial charge in [-0.15, -0.1) is 0 Å². The van der Waals surface area contributed by atoms with Gasteiger partial charge >= 0.3 is 0 Å². The predicted octanol–water partition coefficient (Wildman–Crippen LogP) is 2.83. The smallest absolute Gasteiger partial charge is 0.277 e. The summed E-state index contributed by atoms with van der Waals surface area (Å²) in [5.41, 5.74) is 2.78. The number of nitrogens with zero attached hydrogens (tertiary/aromatic N) is 2. The van der Waals surface area contributed by atoms with E-state index in [2.05, 4.69) is 20.3 Å². The SMILES string of the molecule is Cc1cccc(NC(=O)c2nc(C)cc3cc[nH]c23)n1. The Morgan fingerprint density at radius 2 is 2.00 bits per heavy atom. The molecule has 5 nitrogen and oxygen atoms in total. The van der Waals surface area contributed by atoms with Gasteiger partial charge in [0.15, 0.2) is 5.69 Å². The first-order chi connectivity index (χ1) is 9.63. The molecule has 0 spiro atoms. The zero-order valence-electron chi connectivity index (χ0n) is 11.3. The Morgan fingerprint density at radius 3 is 2.80 bits per heavy atom. The summed E-state index contributed by atoms with van der Waals surface area (Å²) in [6, 6.07) is 9.35. The van der Waals surface area contributed by atoms with E-state index >= 15 is 0 Å². The predicted molar refractivity (Wildman–Crippen MR) is 77.8 cm³/mol. The number of hydrogen-bond donors (Lipinski definition) is 2. The van der Waals surface area contributed by atoms with E-state index in [-0.39, 0.29) is 5.91 Å². The van der Waals surface area contributed by atoms with Crippen molar-refractivity contribution in [1.29, 1.82) is 0 Å². The maximum atomic E-state index is 12.4. The maximum absolute atomic E-state index is 12.4. The van der Waals surface area contributed by atoms with Gasteiger partial charge in [0, 0.05) is 23.0 Å². The molecule has 0 unspecified atom stereocenters. The van der Waals surface area contributed by atoms with Crippen molar-refractivity contribution < 1.29 is 4.79 Å². The average molecular weight is 266 g/mol. The van der Waals surface area contributed by atoms with Crippen molar-refractivity contribution in [2.75, 3.05) is 5.32 Å². The number of nitrogens with one attached hydrogen (secondary N) is 2. The molecule has 3 rings (SSSR count). The van der Waals surface area contributed by atoms with Gasteiger partial charge in [-0.25, -0.2) is 9.97 Å². The van der Waals surface area contributed by atoms with Gasteiger partial charge in [-0.1, -0.05) is 6.07 Å². The molecule has 0 saturated heterocycles. The third-order valence-electron chi connectivity index (χ3n) is 3.01. The number of fused-ring (bicyclic) bond motifs is 1. The number of hydrogen-bond acceptors (Lipinski definition) is 3. The molecular weight excluding hydrogens is 252 g/mol. The Balaban J connectivity index is 1.98. The summed E-state index contributed by atoms with van der Waals surface area (Å²) >= 11 is 0. The normalized spacial score (nSPS) is 10.7. The summed E-state index contributed by atoms with van der Waals surface area (Å²) in [6.45, 7) is 3.75. The first-order valence-corrected chi connectivity index (χ1v) is 6.33. The molecule has 1 amide bonds. The summed E-state index contributed by atoms with van der Waals surface area (Å²) in [6.07, 6.45) is 1.80. The Bertz CT molecular complexity index is 791. The standard InChI is InChI=1S/C15H14N4O/c1-9-4-3-5-12(17-9)19-15(20)14-13-11(6-7-16-13)8-10(2)18-14/h3-8,16H,1-2H3,(H,17,19,20). The van der Waals surface area contributed by atoms with Gasteiger partial charge in [-0.05, 0) is 38.1 Å². The Kier molecular flexibility index (Phi) is 2.95. The molecular formula is C15H14N4O. The number of amides is 1. The van der Waals surface area contributed by atoms with Gasteiger partial charge in [-0.2, -0.15) is 0 Å². The second-order valence-corrected chi connectivity index (χ2v) is 4.67. The molecule has 3 heterocycles. The molecule has 0 aliphatic heterocycles. The highest BCUT2D eigenvalue weighted by Gasteiger charge is 2.14. The molecule has 2 N–H and O–H groups in total. The monoisotopic (exact) mass is 266 g/mol. The largest absolute Gasteiger partial charge is 0.359 e. The van der Waals surface area contributed by atoms with Gasteiger partial charge < -0.3 is 10.3 Å². The van der Waals surface area contributed by atoms with E-state index in [9.17, 15) is 4.79 Å². The molecule has 0 bridgehead atoms. The third kappa shape index (κ3) is 2.25. The quantitative estimate of drug-likeness (QED) is 0.749. The number of pyridine rings is 2. The molecule has 20 heavy (non-hydrogen) atoms. The van der Waals surface area contributed by atoms with Crippen molar-refractivity contribution >= 4 is 22.6 Å². The number of rotatable bonds is 2. The van der Waals surface area contributed by atoms with Crippen LogP contribution in [-0.4, -0.2) is 20.9 Å². The number of aromatic amines is 1. The fourth-order valence-corrected chi connectivity index (χ4v) is 2.15. The second-order valence-electron chi connectivity index (χ2n) is 4.67. The topological polar surface area (TPSA) is 70.7 Å². The van der Waals surface area contributed by atoms with E-state index < -0.39 is 0 Å². The van der Waals surface area contributed by atoms with Crippen LogP contribution in [0, 0.1) is 13.8 Å². The van der Waals surface area contributed by atoms with Crippen molar-refractivity contribution in [2.45, 2.75) is 13.8 Å². The molecule has 0 aliphatic carbocycles. The lowest BCUT2D eigenvalue weighted by Crippen LogP contribution is -2.15. The minimum atomic E-state index is -0.265. The van der Waals surface area contributed by atoms with Crippen molar-refractivity contribution in [2.24, 2.45) is 0 Å². The van der Waals surface area contributed by atoms with E-state index in [0.717, 1.165) is 22.3 Å². The second kappa shape index (κ2) is 4.77. The molecule has 0 aliphatic rings. The first kappa shape index (κ1) is 12.3. The maximum Gasteiger partial charge on any atom is 0.277 e. The summed E-state index contributed by atoms with van der Waals surface area (Å²) in [4.78, 5) is 24.0. The van der Waals surface area contributed by atoms with E-state index in [1.165, 1.54) is 0 Å². The van der Waals surface area contributed by atoms with Gasteiger partial charge in [-0.3, -0.25) is 4.79 Å². The fourth-order valence-electron chi connectivity index (χ4n) is 2.15. The van der Waals surface area contributed by atoms with Crippen LogP contribution in [0.3, 0.4) is 0 Å². The lowest BCUT2D eigenvalue weighted by Gasteiger charge is -2.06. The van der Waals surface area contributed by atoms with Crippen LogP contribution in [0.15, 0.2) is 36.5 Å². The number of H-pyrrole nitrogens is 1. The van der Waals surface area contributed by atoms with E-state index in [4.69, 9.17) is 0 Å². The number of carbonyl (C=O) groups excluding carboxylic acids is 1. The number of carbonyl (C=O) groups is 1. The lowest BCUT2D eigenvalue weighted by atomic mass is 10.2.